The molecular weight excluding hydrogens is 1040 g/mol. The van der Waals surface area contributed by atoms with Crippen molar-refractivity contribution in [2.24, 2.45) is 0 Å². The van der Waals surface area contributed by atoms with Crippen molar-refractivity contribution in [2.75, 3.05) is 13.2 Å². The Morgan fingerprint density at radius 3 is 0.906 bits per heavy atom. The van der Waals surface area contributed by atoms with Crippen LogP contribution >= 0.6 is 0 Å². The molecule has 0 aliphatic heterocycles. The van der Waals surface area contributed by atoms with E-state index in [-0.39, 0.29) is 18.5 Å². The summed E-state index contributed by atoms with van der Waals surface area (Å²) in [6, 6.07) is -0.633. The second-order valence-electron chi connectivity index (χ2n) is 26.3. The summed E-state index contributed by atoms with van der Waals surface area (Å²) in [6.07, 6.45) is 97.8. The van der Waals surface area contributed by atoms with Crippen LogP contribution < -0.4 is 5.32 Å². The highest BCUT2D eigenvalue weighted by Gasteiger charge is 2.18. The Hall–Kier alpha value is -2.18. The normalized spacial score (nSPS) is 12.8. The van der Waals surface area contributed by atoms with Crippen LogP contribution in [0.25, 0.3) is 0 Å². The van der Waals surface area contributed by atoms with Crippen LogP contribution in [0, 0.1) is 0 Å². The number of aliphatic hydroxyl groups excluding tert-OH is 2. The minimum atomic E-state index is -0.849. The minimum absolute atomic E-state index is 0.00336. The Balaban J connectivity index is 3.44. The van der Waals surface area contributed by atoms with Crippen molar-refractivity contribution in [3.05, 3.63) is 48.6 Å². The monoisotopic (exact) mass is 1190 g/mol. The van der Waals surface area contributed by atoms with Crippen molar-refractivity contribution in [1.29, 1.82) is 0 Å². The lowest BCUT2D eigenvalue weighted by atomic mass is 10.0. The SMILES string of the molecule is CCCCCCCCC/C=C\CCCCCCCC(=O)OCCCCCCCCCCC/C=C\C/C=C\CCCCCCCCCCCCCC(=O)NC(CO)C(O)/C=C/CCCCCCCCCCCCCCCCCCCCCCCCC. The van der Waals surface area contributed by atoms with Gasteiger partial charge in [0, 0.05) is 12.8 Å². The second-order valence-corrected chi connectivity index (χ2v) is 26.3. The maximum absolute atomic E-state index is 12.5. The fraction of sp³-hybridized carbons (Fsp3) is 0.873. The van der Waals surface area contributed by atoms with E-state index in [4.69, 9.17) is 4.74 Å². The molecule has 0 saturated carbocycles. The maximum atomic E-state index is 12.5. The van der Waals surface area contributed by atoms with E-state index in [1.807, 2.05) is 6.08 Å². The summed E-state index contributed by atoms with van der Waals surface area (Å²) in [7, 11) is 0. The summed E-state index contributed by atoms with van der Waals surface area (Å²) in [5.74, 6) is -0.0637. The van der Waals surface area contributed by atoms with Crippen LogP contribution in [0.15, 0.2) is 48.6 Å². The average molecular weight is 1190 g/mol. The van der Waals surface area contributed by atoms with E-state index in [1.165, 1.54) is 340 Å². The van der Waals surface area contributed by atoms with Gasteiger partial charge in [-0.3, -0.25) is 9.59 Å². The zero-order chi connectivity index (χ0) is 61.3. The molecule has 0 fully saturated rings. The largest absolute Gasteiger partial charge is 0.466 e. The summed E-state index contributed by atoms with van der Waals surface area (Å²) >= 11 is 0. The molecule has 6 heteroatoms. The summed E-state index contributed by atoms with van der Waals surface area (Å²) in [6.45, 7) is 4.93. The van der Waals surface area contributed by atoms with E-state index in [1.54, 1.807) is 6.08 Å². The van der Waals surface area contributed by atoms with E-state index >= 15 is 0 Å². The third-order valence-corrected chi connectivity index (χ3v) is 17.8. The number of amides is 1. The quantitative estimate of drug-likeness (QED) is 0.0320. The number of aliphatic hydroxyl groups is 2. The molecule has 0 heterocycles. The molecule has 85 heavy (non-hydrogen) atoms. The average Bonchev–Trinajstić information content (AvgIpc) is 3.51. The van der Waals surface area contributed by atoms with Crippen molar-refractivity contribution in [2.45, 2.75) is 431 Å². The third kappa shape index (κ3) is 70.8. The molecule has 0 aromatic heterocycles. The van der Waals surface area contributed by atoms with Gasteiger partial charge in [0.05, 0.1) is 25.4 Å². The van der Waals surface area contributed by atoms with Gasteiger partial charge in [-0.05, 0) is 89.9 Å². The predicted octanol–water partition coefficient (Wildman–Crippen LogP) is 25.2. The molecule has 3 N–H and O–H groups in total. The molecule has 0 rings (SSSR count). The number of hydrogen-bond acceptors (Lipinski definition) is 5. The van der Waals surface area contributed by atoms with Crippen molar-refractivity contribution >= 4 is 11.9 Å². The Labute approximate surface area is 531 Å². The van der Waals surface area contributed by atoms with Gasteiger partial charge >= 0.3 is 5.97 Å². The van der Waals surface area contributed by atoms with Gasteiger partial charge in [-0.1, -0.05) is 364 Å². The molecule has 0 aromatic rings. The number of esters is 1. The summed E-state index contributed by atoms with van der Waals surface area (Å²) in [5.41, 5.74) is 0. The Morgan fingerprint density at radius 1 is 0.329 bits per heavy atom. The van der Waals surface area contributed by atoms with Gasteiger partial charge in [-0.15, -0.1) is 0 Å². The van der Waals surface area contributed by atoms with Crippen molar-refractivity contribution in [1.82, 2.24) is 5.32 Å². The third-order valence-electron chi connectivity index (χ3n) is 17.8. The molecule has 0 bridgehead atoms. The zero-order valence-electron chi connectivity index (χ0n) is 57.4. The van der Waals surface area contributed by atoms with E-state index in [0.29, 0.717) is 19.4 Å². The molecule has 0 aliphatic rings. The van der Waals surface area contributed by atoms with Gasteiger partial charge in [0.2, 0.25) is 5.91 Å². The van der Waals surface area contributed by atoms with Crippen LogP contribution in [-0.4, -0.2) is 47.4 Å². The van der Waals surface area contributed by atoms with Gasteiger partial charge in [-0.25, -0.2) is 0 Å². The van der Waals surface area contributed by atoms with Gasteiger partial charge in [0.25, 0.3) is 0 Å². The number of unbranched alkanes of at least 4 members (excludes halogenated alkanes) is 55. The topological polar surface area (TPSA) is 95.9 Å². The van der Waals surface area contributed by atoms with Crippen LogP contribution in [0.5, 0.6) is 0 Å². The highest BCUT2D eigenvalue weighted by molar-refractivity contribution is 5.76. The number of carbonyl (C=O) groups excluding carboxylic acids is 2. The highest BCUT2D eigenvalue weighted by Crippen LogP contribution is 2.19. The number of ether oxygens (including phenoxy) is 1. The number of carbonyl (C=O) groups is 2. The zero-order valence-corrected chi connectivity index (χ0v) is 57.4. The van der Waals surface area contributed by atoms with Crippen molar-refractivity contribution in [3.63, 3.8) is 0 Å². The molecule has 6 nitrogen and oxygen atoms in total. The maximum Gasteiger partial charge on any atom is 0.305 e. The Kier molecular flexibility index (Phi) is 72.4. The number of rotatable bonds is 72. The lowest BCUT2D eigenvalue weighted by molar-refractivity contribution is -0.143. The van der Waals surface area contributed by atoms with Gasteiger partial charge in [0.15, 0.2) is 0 Å². The second kappa shape index (κ2) is 74.3. The van der Waals surface area contributed by atoms with E-state index in [9.17, 15) is 19.8 Å². The summed E-state index contributed by atoms with van der Waals surface area (Å²) in [5, 5.41) is 23.3. The smallest absolute Gasteiger partial charge is 0.305 e. The fourth-order valence-corrected chi connectivity index (χ4v) is 12.0. The molecule has 2 atom stereocenters. The van der Waals surface area contributed by atoms with E-state index in [2.05, 4.69) is 55.6 Å². The molecule has 2 unspecified atom stereocenters. The predicted molar refractivity (Wildman–Crippen MR) is 375 cm³/mol. The molecule has 0 radical (unpaired) electrons. The molecule has 1 amide bonds. The molecule has 0 aliphatic carbocycles. The first kappa shape index (κ1) is 82.8. The number of allylic oxidation sites excluding steroid dienone is 7. The number of nitrogens with one attached hydrogen (secondary N) is 1. The highest BCUT2D eigenvalue weighted by atomic mass is 16.5. The Bertz CT molecular complexity index is 1420. The van der Waals surface area contributed by atoms with Crippen LogP contribution in [0.4, 0.5) is 0 Å². The lowest BCUT2D eigenvalue weighted by Gasteiger charge is -2.20. The van der Waals surface area contributed by atoms with Crippen molar-refractivity contribution in [3.8, 4) is 0 Å². The summed E-state index contributed by atoms with van der Waals surface area (Å²) in [4.78, 5) is 24.6. The lowest BCUT2D eigenvalue weighted by Crippen LogP contribution is -2.45. The first-order valence-electron chi connectivity index (χ1n) is 38.4. The van der Waals surface area contributed by atoms with Crippen LogP contribution in [-0.2, 0) is 14.3 Å². The minimum Gasteiger partial charge on any atom is -0.466 e. The number of hydrogen-bond donors (Lipinski definition) is 3. The standard InChI is InChI=1S/C79H149NO5/c1-3-5-7-9-11-13-15-17-19-21-22-23-24-28-31-34-37-40-43-47-51-55-59-63-67-71-77(82)76(75-81)80-78(83)72-68-64-60-56-52-48-44-41-38-35-32-29-26-25-27-30-33-36-39-42-46-50-54-58-62-66-70-74-85-79(84)73-69-65-61-57-53-49-45-20-18-16-14-12-10-8-6-4-2/h20,25-26,30,33,45,67,71,76-77,81-82H,3-19,21-24,27-29,31-32,34-44,46-66,68-70,72-75H2,1-2H3,(H,80,83)/b26-25-,33-30-,45-20-,71-67+. The molecule has 0 spiro atoms. The molecular formula is C79H149NO5. The first-order valence-corrected chi connectivity index (χ1v) is 38.4. The first-order chi connectivity index (χ1) is 42.0. The molecule has 0 saturated heterocycles. The van der Waals surface area contributed by atoms with E-state index in [0.717, 1.165) is 51.4 Å². The fourth-order valence-electron chi connectivity index (χ4n) is 12.0. The van der Waals surface area contributed by atoms with E-state index < -0.39 is 12.1 Å². The molecule has 0 aromatic carbocycles. The van der Waals surface area contributed by atoms with Crippen LogP contribution in [0.1, 0.15) is 418 Å². The Morgan fingerprint density at radius 2 is 0.588 bits per heavy atom. The van der Waals surface area contributed by atoms with Crippen LogP contribution in [0.3, 0.4) is 0 Å². The van der Waals surface area contributed by atoms with Gasteiger partial charge in [-0.2, -0.15) is 0 Å². The van der Waals surface area contributed by atoms with Gasteiger partial charge < -0.3 is 20.3 Å². The van der Waals surface area contributed by atoms with Gasteiger partial charge in [0.1, 0.15) is 0 Å². The van der Waals surface area contributed by atoms with Crippen LogP contribution in [0.2, 0.25) is 0 Å². The molecule has 500 valence electrons. The van der Waals surface area contributed by atoms with Crippen molar-refractivity contribution < 1.29 is 24.5 Å². The summed E-state index contributed by atoms with van der Waals surface area (Å²) < 4.78 is 5.49.